The number of nitrogens with zero attached hydrogens (tertiary/aromatic N) is 6. The number of fused-ring (bicyclic) bond motifs is 1. The Kier molecular flexibility index (Phi) is 5.15. The summed E-state index contributed by atoms with van der Waals surface area (Å²) >= 11 is 6.49. The zero-order valence-corrected chi connectivity index (χ0v) is 16.9. The van der Waals surface area contributed by atoms with Crippen molar-refractivity contribution in [3.63, 3.8) is 0 Å². The van der Waals surface area contributed by atoms with Crippen LogP contribution < -0.4 is 0 Å². The minimum absolute atomic E-state index is 0.409. The Hall–Kier alpha value is -3.43. The van der Waals surface area contributed by atoms with E-state index in [4.69, 9.17) is 23.2 Å². The Morgan fingerprint density at radius 1 is 1.21 bits per heavy atom. The lowest BCUT2D eigenvalue weighted by Gasteiger charge is -2.10. The molecule has 0 aliphatic heterocycles. The van der Waals surface area contributed by atoms with Gasteiger partial charge in [0.25, 0.3) is 0 Å². The molecule has 144 valence electrons. The average Bonchev–Trinajstić information content (AvgIpc) is 3.32. The fraction of sp³-hybridized carbons (Fsp3) is 0.182. The van der Waals surface area contributed by atoms with Crippen LogP contribution >= 0.6 is 11.6 Å². The lowest BCUT2D eigenvalue weighted by atomic mass is 10.0. The van der Waals surface area contributed by atoms with E-state index in [2.05, 4.69) is 27.1 Å². The molecule has 0 atom stereocenters. The van der Waals surface area contributed by atoms with Gasteiger partial charge in [0.05, 0.1) is 35.1 Å². The van der Waals surface area contributed by atoms with Gasteiger partial charge in [-0.3, -0.25) is 4.68 Å². The Bertz CT molecular complexity index is 1260. The minimum atomic E-state index is 0.409. The van der Waals surface area contributed by atoms with Crippen molar-refractivity contribution in [3.05, 3.63) is 76.2 Å². The van der Waals surface area contributed by atoms with Gasteiger partial charge in [-0.2, -0.15) is 5.10 Å². The zero-order chi connectivity index (χ0) is 20.4. The number of hydrogen-bond donors (Lipinski definition) is 0. The molecule has 3 aromatic heterocycles. The molecule has 0 N–H and O–H groups in total. The Morgan fingerprint density at radius 2 is 2.07 bits per heavy atom. The molecule has 0 aliphatic carbocycles. The zero-order valence-electron chi connectivity index (χ0n) is 16.2. The van der Waals surface area contributed by atoms with Gasteiger partial charge in [-0.1, -0.05) is 17.7 Å². The molecule has 7 heteroatoms. The first-order valence-electron chi connectivity index (χ1n) is 9.16. The van der Waals surface area contributed by atoms with Gasteiger partial charge in [0.15, 0.2) is 0 Å². The van der Waals surface area contributed by atoms with Crippen LogP contribution in [0.3, 0.4) is 0 Å². The van der Waals surface area contributed by atoms with Crippen molar-refractivity contribution in [2.45, 2.75) is 6.42 Å². The molecule has 0 bridgehead atoms. The Morgan fingerprint density at radius 3 is 2.76 bits per heavy atom. The van der Waals surface area contributed by atoms with Crippen molar-refractivity contribution < 1.29 is 0 Å². The SMILES string of the molecule is [C-]#[N+]CCc1cc2c(/C=C/c3ccnn3C)cc(-c3cncn3C)nc2cc1Cl. The third kappa shape index (κ3) is 3.78. The average molecular weight is 403 g/mol. The number of benzene rings is 1. The summed E-state index contributed by atoms with van der Waals surface area (Å²) in [6, 6.07) is 7.95. The number of aromatic nitrogens is 5. The van der Waals surface area contributed by atoms with E-state index < -0.39 is 0 Å². The van der Waals surface area contributed by atoms with Gasteiger partial charge in [-0.05, 0) is 41.5 Å². The van der Waals surface area contributed by atoms with Crippen molar-refractivity contribution in [2.75, 3.05) is 6.54 Å². The van der Waals surface area contributed by atoms with Crippen LogP contribution in [0.25, 0.3) is 39.3 Å². The lowest BCUT2D eigenvalue weighted by molar-refractivity contribution is 0.760. The normalized spacial score (nSPS) is 11.4. The minimum Gasteiger partial charge on any atom is -0.332 e. The molecule has 0 fully saturated rings. The van der Waals surface area contributed by atoms with Crippen molar-refractivity contribution in [2.24, 2.45) is 14.1 Å². The summed E-state index contributed by atoms with van der Waals surface area (Å²) in [5.74, 6) is 0. The highest BCUT2D eigenvalue weighted by molar-refractivity contribution is 6.32. The maximum atomic E-state index is 7.06. The molecule has 0 aliphatic rings. The molecule has 0 spiro atoms. The topological polar surface area (TPSA) is 52.9 Å². The van der Waals surface area contributed by atoms with Crippen LogP contribution in [0.1, 0.15) is 16.8 Å². The van der Waals surface area contributed by atoms with Gasteiger partial charge in [0.2, 0.25) is 6.54 Å². The van der Waals surface area contributed by atoms with Gasteiger partial charge in [-0.25, -0.2) is 16.5 Å². The molecule has 0 amide bonds. The second-order valence-electron chi connectivity index (χ2n) is 6.79. The van der Waals surface area contributed by atoms with E-state index >= 15 is 0 Å². The summed E-state index contributed by atoms with van der Waals surface area (Å²) in [5.41, 5.74) is 5.54. The van der Waals surface area contributed by atoms with Crippen LogP contribution in [0.4, 0.5) is 0 Å². The lowest BCUT2D eigenvalue weighted by Crippen LogP contribution is -1.97. The predicted molar refractivity (Wildman–Crippen MR) is 116 cm³/mol. The molecule has 0 saturated carbocycles. The Labute approximate surface area is 173 Å². The first kappa shape index (κ1) is 18.9. The van der Waals surface area contributed by atoms with Crippen LogP contribution in [0.2, 0.25) is 5.02 Å². The molecule has 6 nitrogen and oxygen atoms in total. The van der Waals surface area contributed by atoms with Gasteiger partial charge in [0.1, 0.15) is 0 Å². The molecule has 3 heterocycles. The summed E-state index contributed by atoms with van der Waals surface area (Å²) in [4.78, 5) is 12.5. The summed E-state index contributed by atoms with van der Waals surface area (Å²) in [6.45, 7) is 7.47. The van der Waals surface area contributed by atoms with Crippen molar-refractivity contribution in [1.82, 2.24) is 24.3 Å². The number of hydrogen-bond acceptors (Lipinski definition) is 3. The summed E-state index contributed by atoms with van der Waals surface area (Å²) in [5, 5.41) is 5.85. The number of aryl methyl sites for hydroxylation is 2. The fourth-order valence-corrected chi connectivity index (χ4v) is 3.53. The van der Waals surface area contributed by atoms with Crippen LogP contribution in [0.5, 0.6) is 0 Å². The maximum absolute atomic E-state index is 7.06. The number of pyridine rings is 1. The third-order valence-electron chi connectivity index (χ3n) is 4.87. The van der Waals surface area contributed by atoms with Crippen LogP contribution in [0, 0.1) is 6.57 Å². The van der Waals surface area contributed by atoms with Crippen molar-refractivity contribution >= 4 is 34.7 Å². The van der Waals surface area contributed by atoms with Gasteiger partial charge in [-0.15, -0.1) is 0 Å². The molecule has 1 aromatic carbocycles. The molecule has 0 radical (unpaired) electrons. The monoisotopic (exact) mass is 402 g/mol. The second-order valence-corrected chi connectivity index (χ2v) is 7.20. The fourth-order valence-electron chi connectivity index (χ4n) is 3.28. The molecule has 0 unspecified atom stereocenters. The summed E-state index contributed by atoms with van der Waals surface area (Å²) in [7, 11) is 3.85. The van der Waals surface area contributed by atoms with Crippen LogP contribution in [-0.2, 0) is 20.5 Å². The molecule has 29 heavy (non-hydrogen) atoms. The van der Waals surface area contributed by atoms with Crippen molar-refractivity contribution in [1.29, 1.82) is 0 Å². The van der Waals surface area contributed by atoms with Gasteiger partial charge < -0.3 is 9.41 Å². The highest BCUT2D eigenvalue weighted by atomic mass is 35.5. The standard InChI is InChI=1S/C22H19ClN6/c1-24-8-6-16-10-18-15(4-5-17-7-9-26-29(17)3)11-21(22-13-25-14-28(22)2)27-20(18)12-19(16)23/h4-5,7,9-14H,6,8H2,2-3H3/b5-4+. The van der Waals surface area contributed by atoms with E-state index in [0.717, 1.165) is 39.1 Å². The van der Waals surface area contributed by atoms with E-state index in [-0.39, 0.29) is 0 Å². The van der Waals surface area contributed by atoms with Crippen LogP contribution in [-0.4, -0.2) is 30.9 Å². The van der Waals surface area contributed by atoms with E-state index in [0.29, 0.717) is 18.0 Å². The van der Waals surface area contributed by atoms with Gasteiger partial charge in [0, 0.05) is 37.1 Å². The number of imidazole rings is 1. The largest absolute Gasteiger partial charge is 0.332 e. The quantitative estimate of drug-likeness (QED) is 0.456. The smallest absolute Gasteiger partial charge is 0.218 e. The van der Waals surface area contributed by atoms with E-state index in [9.17, 15) is 0 Å². The van der Waals surface area contributed by atoms with E-state index in [1.54, 1.807) is 18.7 Å². The van der Waals surface area contributed by atoms with Gasteiger partial charge >= 0.3 is 0 Å². The van der Waals surface area contributed by atoms with Crippen molar-refractivity contribution in [3.8, 4) is 11.4 Å². The first-order valence-corrected chi connectivity index (χ1v) is 9.54. The summed E-state index contributed by atoms with van der Waals surface area (Å²) in [6.07, 6.45) is 10.0. The summed E-state index contributed by atoms with van der Waals surface area (Å²) < 4.78 is 3.76. The third-order valence-corrected chi connectivity index (χ3v) is 5.23. The Balaban J connectivity index is 1.90. The number of rotatable bonds is 5. The molecule has 0 saturated heterocycles. The molecule has 4 rings (SSSR count). The molecule has 4 aromatic rings. The first-order chi connectivity index (χ1) is 14.1. The second kappa shape index (κ2) is 7.90. The number of halogens is 1. The maximum Gasteiger partial charge on any atom is 0.218 e. The molecular formula is C22H19ClN6. The van der Waals surface area contributed by atoms with E-state index in [1.165, 1.54) is 0 Å². The highest BCUT2D eigenvalue weighted by Crippen LogP contribution is 2.30. The predicted octanol–water partition coefficient (Wildman–Crippen LogP) is 4.65. The van der Waals surface area contributed by atoms with Crippen LogP contribution in [0.15, 0.2) is 43.0 Å². The molecular weight excluding hydrogens is 384 g/mol. The highest BCUT2D eigenvalue weighted by Gasteiger charge is 2.12. The van der Waals surface area contributed by atoms with E-state index in [1.807, 2.05) is 47.6 Å².